The summed E-state index contributed by atoms with van der Waals surface area (Å²) in [6, 6.07) is 17.5. The molecule has 0 aliphatic heterocycles. The second-order valence-electron chi connectivity index (χ2n) is 12.5. The van der Waals surface area contributed by atoms with Gasteiger partial charge in [-0.25, -0.2) is 14.6 Å². The maximum atomic E-state index is 13.5. The third kappa shape index (κ3) is 11.8. The molecule has 53 heavy (non-hydrogen) atoms. The molecule has 1 heterocycles. The Morgan fingerprint density at radius 1 is 0.830 bits per heavy atom. The maximum Gasteiger partial charge on any atom is 0.416 e. The van der Waals surface area contributed by atoms with Crippen molar-refractivity contribution in [3.8, 4) is 11.5 Å². The molecule has 4 rings (SSSR count). The zero-order valence-corrected chi connectivity index (χ0v) is 28.9. The van der Waals surface area contributed by atoms with Crippen LogP contribution in [0.1, 0.15) is 58.2 Å². The van der Waals surface area contributed by atoms with Crippen molar-refractivity contribution in [3.05, 3.63) is 113 Å². The zero-order valence-electron chi connectivity index (χ0n) is 28.9. The highest BCUT2D eigenvalue weighted by Gasteiger charge is 2.34. The quantitative estimate of drug-likeness (QED) is 0.106. The molecule has 13 nitrogen and oxygen atoms in total. The van der Waals surface area contributed by atoms with E-state index in [0.29, 0.717) is 5.56 Å². The molecule has 0 bridgehead atoms. The van der Waals surface area contributed by atoms with Crippen molar-refractivity contribution >= 4 is 41.4 Å². The summed E-state index contributed by atoms with van der Waals surface area (Å²) in [6.07, 6.45) is -4.78. The molecule has 4 aromatic rings. The molecule has 0 spiro atoms. The van der Waals surface area contributed by atoms with Gasteiger partial charge in [0.05, 0.1) is 24.7 Å². The fraction of sp³-hybridized carbons (Fsp3) is 0.243. The monoisotopic (exact) mass is 736 g/mol. The first-order valence-electron chi connectivity index (χ1n) is 15.8. The smallest absolute Gasteiger partial charge is 0.416 e. The number of nitrogens with one attached hydrogen (secondary N) is 2. The van der Waals surface area contributed by atoms with Crippen LogP contribution in [-0.4, -0.2) is 64.1 Å². The molecule has 0 atom stereocenters. The van der Waals surface area contributed by atoms with Gasteiger partial charge < -0.3 is 29.5 Å². The number of hydrogen-bond donors (Lipinski definition) is 3. The maximum absolute atomic E-state index is 13.5. The number of carboxylic acids is 1. The van der Waals surface area contributed by atoms with E-state index in [1.165, 1.54) is 67.9 Å². The topological polar surface area (TPSA) is 173 Å². The van der Waals surface area contributed by atoms with Crippen LogP contribution >= 0.6 is 0 Å². The van der Waals surface area contributed by atoms with Crippen LogP contribution in [-0.2, 0) is 33.5 Å². The molecule has 0 fully saturated rings. The lowest BCUT2D eigenvalue weighted by Gasteiger charge is -2.21. The Hall–Kier alpha value is -6.45. The number of carbonyl (C=O) groups excluding carboxylic acids is 4. The molecule has 278 valence electrons. The highest BCUT2D eigenvalue weighted by atomic mass is 19.4. The van der Waals surface area contributed by atoms with E-state index >= 15 is 0 Å². The fourth-order valence-corrected chi connectivity index (χ4v) is 4.77. The van der Waals surface area contributed by atoms with Crippen LogP contribution in [0.15, 0.2) is 85.1 Å². The van der Waals surface area contributed by atoms with Gasteiger partial charge in [-0.1, -0.05) is 18.2 Å². The SMILES string of the molecule is COc1ccc(CC(=O)Nc2ccc(C(=O)N(CC(=O)O)Cc3ccc(OC(=O)c4ccc(NC(=O)OC(C)(C)C)nc4)cc3)cc2)c(C(F)(F)F)c1. The van der Waals surface area contributed by atoms with Crippen molar-refractivity contribution in [2.75, 3.05) is 24.3 Å². The van der Waals surface area contributed by atoms with E-state index in [2.05, 4.69) is 15.6 Å². The lowest BCUT2D eigenvalue weighted by molar-refractivity contribution is -0.139. The van der Waals surface area contributed by atoms with Crippen molar-refractivity contribution in [1.29, 1.82) is 0 Å². The minimum atomic E-state index is -4.71. The molecule has 0 saturated carbocycles. The third-order valence-corrected chi connectivity index (χ3v) is 7.14. The predicted octanol–water partition coefficient (Wildman–Crippen LogP) is 6.58. The van der Waals surface area contributed by atoms with Crippen LogP contribution in [0.3, 0.4) is 0 Å². The molecule has 3 N–H and O–H groups in total. The van der Waals surface area contributed by atoms with Gasteiger partial charge in [-0.15, -0.1) is 0 Å². The van der Waals surface area contributed by atoms with Crippen molar-refractivity contribution in [2.45, 2.75) is 45.5 Å². The molecule has 3 aromatic carbocycles. The van der Waals surface area contributed by atoms with Gasteiger partial charge in [0.2, 0.25) is 5.91 Å². The zero-order chi connectivity index (χ0) is 38.9. The number of anilines is 2. The lowest BCUT2D eigenvalue weighted by atomic mass is 10.0. The molecule has 0 saturated heterocycles. The number of carbonyl (C=O) groups is 5. The van der Waals surface area contributed by atoms with Crippen molar-refractivity contribution in [2.24, 2.45) is 0 Å². The number of aromatic nitrogens is 1. The van der Waals surface area contributed by atoms with E-state index in [1.54, 1.807) is 32.9 Å². The van der Waals surface area contributed by atoms with Gasteiger partial charge in [-0.3, -0.25) is 19.7 Å². The van der Waals surface area contributed by atoms with E-state index in [-0.39, 0.29) is 46.2 Å². The summed E-state index contributed by atoms with van der Waals surface area (Å²) in [5, 5.41) is 14.4. The number of esters is 1. The van der Waals surface area contributed by atoms with Gasteiger partial charge in [0.15, 0.2) is 0 Å². The van der Waals surface area contributed by atoms with E-state index in [1.807, 2.05) is 0 Å². The summed E-state index contributed by atoms with van der Waals surface area (Å²) in [4.78, 5) is 67.2. The number of ether oxygens (including phenoxy) is 3. The molecular formula is C37H35F3N4O9. The number of halogens is 3. The van der Waals surface area contributed by atoms with Gasteiger partial charge in [0.1, 0.15) is 29.5 Å². The number of rotatable bonds is 12. The number of amides is 3. The van der Waals surface area contributed by atoms with Crippen LogP contribution in [0.2, 0.25) is 0 Å². The number of hydrogen-bond acceptors (Lipinski definition) is 9. The van der Waals surface area contributed by atoms with Gasteiger partial charge in [-0.05, 0) is 92.6 Å². The van der Waals surface area contributed by atoms with Crippen LogP contribution in [0.5, 0.6) is 11.5 Å². The van der Waals surface area contributed by atoms with Gasteiger partial charge in [0, 0.05) is 24.0 Å². The molecule has 1 aromatic heterocycles. The molecule has 16 heteroatoms. The highest BCUT2D eigenvalue weighted by molar-refractivity contribution is 5.97. The summed E-state index contributed by atoms with van der Waals surface area (Å²) in [7, 11) is 1.23. The molecular weight excluding hydrogens is 701 g/mol. The average Bonchev–Trinajstić information content (AvgIpc) is 3.07. The fourth-order valence-electron chi connectivity index (χ4n) is 4.77. The van der Waals surface area contributed by atoms with Crippen LogP contribution < -0.4 is 20.1 Å². The summed E-state index contributed by atoms with van der Waals surface area (Å²) < 4.78 is 56.0. The minimum Gasteiger partial charge on any atom is -0.497 e. The minimum absolute atomic E-state index is 0.00847. The molecule has 0 radical (unpaired) electrons. The lowest BCUT2D eigenvalue weighted by Crippen LogP contribution is -2.35. The molecule has 0 aliphatic rings. The summed E-state index contributed by atoms with van der Waals surface area (Å²) in [5.74, 6) is -3.07. The predicted molar refractivity (Wildman–Crippen MR) is 185 cm³/mol. The van der Waals surface area contributed by atoms with Crippen LogP contribution in [0, 0.1) is 0 Å². The third-order valence-electron chi connectivity index (χ3n) is 7.14. The van der Waals surface area contributed by atoms with Crippen LogP contribution in [0.4, 0.5) is 29.5 Å². The first kappa shape index (κ1) is 39.3. The number of nitrogens with zero attached hydrogens (tertiary/aromatic N) is 2. The Morgan fingerprint density at radius 3 is 2.04 bits per heavy atom. The number of pyridine rings is 1. The Balaban J connectivity index is 1.35. The van der Waals surface area contributed by atoms with E-state index in [0.717, 1.165) is 17.0 Å². The van der Waals surface area contributed by atoms with Crippen LogP contribution in [0.25, 0.3) is 0 Å². The highest BCUT2D eigenvalue weighted by Crippen LogP contribution is 2.35. The molecule has 0 aliphatic carbocycles. The summed E-state index contributed by atoms with van der Waals surface area (Å²) >= 11 is 0. The Kier molecular flexibility index (Phi) is 12.4. The van der Waals surface area contributed by atoms with E-state index in [9.17, 15) is 42.3 Å². The van der Waals surface area contributed by atoms with E-state index < -0.39 is 60.2 Å². The Bertz CT molecular complexity index is 1960. The Morgan fingerprint density at radius 2 is 1.47 bits per heavy atom. The summed E-state index contributed by atoms with van der Waals surface area (Å²) in [6.45, 7) is 4.35. The van der Waals surface area contributed by atoms with E-state index in [4.69, 9.17) is 14.2 Å². The van der Waals surface area contributed by atoms with Crippen molar-refractivity contribution in [3.63, 3.8) is 0 Å². The second-order valence-corrected chi connectivity index (χ2v) is 12.5. The Labute approximate surface area is 301 Å². The second kappa shape index (κ2) is 16.7. The number of aliphatic carboxylic acids is 1. The number of methoxy groups -OCH3 is 1. The van der Waals surface area contributed by atoms with Gasteiger partial charge in [0.25, 0.3) is 5.91 Å². The molecule has 0 unspecified atom stereocenters. The molecule has 3 amide bonds. The first-order chi connectivity index (χ1) is 24.9. The van der Waals surface area contributed by atoms with Crippen molar-refractivity contribution in [1.82, 2.24) is 9.88 Å². The van der Waals surface area contributed by atoms with Crippen molar-refractivity contribution < 1.29 is 56.5 Å². The number of alkyl halides is 3. The number of benzene rings is 3. The van der Waals surface area contributed by atoms with Gasteiger partial charge in [-0.2, -0.15) is 13.2 Å². The average molecular weight is 737 g/mol. The first-order valence-corrected chi connectivity index (χ1v) is 15.8. The normalized spacial score (nSPS) is 11.2. The standard InChI is InChI=1S/C37H35F3N4O9/c1-36(2,3)53-35(50)43-30-16-10-25(19-41-30)34(49)52-27-13-5-22(6-14-27)20-44(21-32(46)47)33(48)23-7-11-26(12-8-23)42-31(45)17-24-9-15-28(51-4)18-29(24)37(38,39)40/h5-16,18-19H,17,20-21H2,1-4H3,(H,42,45)(H,46,47)(H,41,43,50). The van der Waals surface area contributed by atoms with Gasteiger partial charge >= 0.3 is 24.2 Å². The summed E-state index contributed by atoms with van der Waals surface area (Å²) in [5.41, 5.74) is -1.06. The number of carboxylic acid groups (broad SMARTS) is 1. The largest absolute Gasteiger partial charge is 0.497 e.